The van der Waals surface area contributed by atoms with Crippen LogP contribution in [0.3, 0.4) is 0 Å². The van der Waals surface area contributed by atoms with Crippen LogP contribution >= 0.6 is 11.6 Å². The van der Waals surface area contributed by atoms with Gasteiger partial charge in [-0.25, -0.2) is 13.6 Å². The molecule has 21 heavy (non-hydrogen) atoms. The number of nitrogens with one attached hydrogen (secondary N) is 1. The number of nitrogens with zero attached hydrogens (tertiary/aromatic N) is 1. The minimum atomic E-state index is -1.37. The molecule has 1 aromatic heterocycles. The molecule has 0 bridgehead atoms. The molecule has 0 saturated heterocycles. The monoisotopic (exact) mass is 312 g/mol. The fourth-order valence-electron chi connectivity index (χ4n) is 1.82. The molecule has 7 heteroatoms. The number of pyridine rings is 1. The highest BCUT2D eigenvalue weighted by Crippen LogP contribution is 2.31. The molecule has 2 rings (SSSR count). The number of aromatic carboxylic acids is 1. The van der Waals surface area contributed by atoms with E-state index >= 15 is 0 Å². The number of rotatable bonds is 3. The van der Waals surface area contributed by atoms with E-state index in [0.29, 0.717) is 22.0 Å². The maximum Gasteiger partial charge on any atom is 0.337 e. The van der Waals surface area contributed by atoms with E-state index in [1.54, 1.807) is 13.8 Å². The molecule has 0 radical (unpaired) electrons. The Hall–Kier alpha value is -2.21. The van der Waals surface area contributed by atoms with Crippen molar-refractivity contribution in [2.45, 2.75) is 13.8 Å². The van der Waals surface area contributed by atoms with Crippen molar-refractivity contribution < 1.29 is 18.7 Å². The standard InChI is InChI=1S/C14H11ClF2N2O2/c1-6-10(5-18-7(2)11(6)15)19-13-8(14(20)21)3-4-9(16)12(13)17/h3-5,19H,1-2H3,(H,20,21). The second-order valence-electron chi connectivity index (χ2n) is 4.41. The summed E-state index contributed by atoms with van der Waals surface area (Å²) in [7, 11) is 0. The van der Waals surface area contributed by atoms with E-state index in [9.17, 15) is 13.6 Å². The molecule has 2 N–H and O–H groups in total. The Bertz CT molecular complexity index is 735. The van der Waals surface area contributed by atoms with Gasteiger partial charge < -0.3 is 10.4 Å². The van der Waals surface area contributed by atoms with Gasteiger partial charge in [-0.15, -0.1) is 0 Å². The normalized spacial score (nSPS) is 10.5. The molecule has 110 valence electrons. The SMILES string of the molecule is Cc1ncc(Nc2c(C(=O)O)ccc(F)c2F)c(C)c1Cl. The number of hydrogen-bond donors (Lipinski definition) is 2. The first-order valence-corrected chi connectivity index (χ1v) is 6.30. The lowest BCUT2D eigenvalue weighted by Crippen LogP contribution is -2.08. The van der Waals surface area contributed by atoms with Crippen molar-refractivity contribution in [1.82, 2.24) is 4.98 Å². The first-order valence-electron chi connectivity index (χ1n) is 5.93. The van der Waals surface area contributed by atoms with Crippen LogP contribution in [0.1, 0.15) is 21.6 Å². The van der Waals surface area contributed by atoms with Crippen LogP contribution in [0.4, 0.5) is 20.2 Å². The van der Waals surface area contributed by atoms with E-state index < -0.39 is 23.3 Å². The molecular formula is C14H11ClF2N2O2. The molecule has 1 aromatic carbocycles. The van der Waals surface area contributed by atoms with E-state index in [1.807, 2.05) is 0 Å². The number of benzene rings is 1. The van der Waals surface area contributed by atoms with Crippen molar-refractivity contribution in [1.29, 1.82) is 0 Å². The molecule has 0 atom stereocenters. The molecule has 0 aliphatic carbocycles. The molecule has 2 aromatic rings. The fourth-order valence-corrected chi connectivity index (χ4v) is 1.97. The largest absolute Gasteiger partial charge is 0.478 e. The summed E-state index contributed by atoms with van der Waals surface area (Å²) in [4.78, 5) is 15.1. The second kappa shape index (κ2) is 5.65. The van der Waals surface area contributed by atoms with E-state index in [2.05, 4.69) is 10.3 Å². The topological polar surface area (TPSA) is 62.2 Å². The third kappa shape index (κ3) is 2.80. The lowest BCUT2D eigenvalue weighted by Gasteiger charge is -2.14. The average molecular weight is 313 g/mol. The van der Waals surface area contributed by atoms with Gasteiger partial charge in [0.05, 0.1) is 33.9 Å². The van der Waals surface area contributed by atoms with Crippen LogP contribution in [0.25, 0.3) is 0 Å². The summed E-state index contributed by atoms with van der Waals surface area (Å²) in [5.74, 6) is -3.79. The van der Waals surface area contributed by atoms with E-state index in [4.69, 9.17) is 16.7 Å². The zero-order valence-electron chi connectivity index (χ0n) is 11.2. The number of carboxylic acid groups (broad SMARTS) is 1. The second-order valence-corrected chi connectivity index (χ2v) is 4.79. The van der Waals surface area contributed by atoms with Gasteiger partial charge in [0.15, 0.2) is 11.6 Å². The summed E-state index contributed by atoms with van der Waals surface area (Å²) in [5, 5.41) is 12.0. The maximum absolute atomic E-state index is 13.9. The summed E-state index contributed by atoms with van der Waals surface area (Å²) < 4.78 is 27.2. The van der Waals surface area contributed by atoms with Crippen molar-refractivity contribution in [3.05, 3.63) is 51.8 Å². The molecular weight excluding hydrogens is 302 g/mol. The Morgan fingerprint density at radius 1 is 1.33 bits per heavy atom. The summed E-state index contributed by atoms with van der Waals surface area (Å²) in [6, 6.07) is 1.75. The van der Waals surface area contributed by atoms with Gasteiger partial charge in [-0.2, -0.15) is 0 Å². The first-order chi connectivity index (χ1) is 9.82. The first kappa shape index (κ1) is 15.2. The van der Waals surface area contributed by atoms with Gasteiger partial charge in [0.25, 0.3) is 0 Å². The lowest BCUT2D eigenvalue weighted by atomic mass is 10.1. The van der Waals surface area contributed by atoms with Gasteiger partial charge >= 0.3 is 5.97 Å². The van der Waals surface area contributed by atoms with Gasteiger partial charge in [0.2, 0.25) is 0 Å². The summed E-state index contributed by atoms with van der Waals surface area (Å²) >= 11 is 6.04. The van der Waals surface area contributed by atoms with Crippen LogP contribution in [-0.2, 0) is 0 Å². The number of aryl methyl sites for hydroxylation is 1. The average Bonchev–Trinajstić information content (AvgIpc) is 2.44. The Balaban J connectivity index is 2.56. The van der Waals surface area contributed by atoms with Crippen molar-refractivity contribution >= 4 is 28.9 Å². The highest BCUT2D eigenvalue weighted by molar-refractivity contribution is 6.32. The van der Waals surface area contributed by atoms with E-state index in [1.165, 1.54) is 6.20 Å². The summed E-state index contributed by atoms with van der Waals surface area (Å²) in [6.07, 6.45) is 1.38. The number of carbonyl (C=O) groups is 1. The Morgan fingerprint density at radius 3 is 2.62 bits per heavy atom. The van der Waals surface area contributed by atoms with Crippen LogP contribution < -0.4 is 5.32 Å². The molecule has 0 amide bonds. The van der Waals surface area contributed by atoms with Crippen molar-refractivity contribution in [3.8, 4) is 0 Å². The zero-order chi connectivity index (χ0) is 15.7. The molecule has 0 aliphatic heterocycles. The van der Waals surface area contributed by atoms with Gasteiger partial charge in [-0.1, -0.05) is 11.6 Å². The van der Waals surface area contributed by atoms with Gasteiger partial charge in [0.1, 0.15) is 0 Å². The van der Waals surface area contributed by atoms with Crippen molar-refractivity contribution in [2.75, 3.05) is 5.32 Å². The van der Waals surface area contributed by atoms with Gasteiger partial charge in [-0.05, 0) is 31.5 Å². The molecule has 0 saturated carbocycles. The van der Waals surface area contributed by atoms with Crippen molar-refractivity contribution in [3.63, 3.8) is 0 Å². The molecule has 0 unspecified atom stereocenters. The van der Waals surface area contributed by atoms with Crippen LogP contribution in [0, 0.1) is 25.5 Å². The van der Waals surface area contributed by atoms with Gasteiger partial charge in [0, 0.05) is 0 Å². The Morgan fingerprint density at radius 2 is 2.00 bits per heavy atom. The van der Waals surface area contributed by atoms with Crippen molar-refractivity contribution in [2.24, 2.45) is 0 Å². The zero-order valence-corrected chi connectivity index (χ0v) is 11.9. The Kier molecular flexibility index (Phi) is 4.09. The number of carboxylic acids is 1. The molecule has 4 nitrogen and oxygen atoms in total. The fraction of sp³-hybridized carbons (Fsp3) is 0.143. The van der Waals surface area contributed by atoms with Crippen LogP contribution in [0.2, 0.25) is 5.02 Å². The number of hydrogen-bond acceptors (Lipinski definition) is 3. The highest BCUT2D eigenvalue weighted by Gasteiger charge is 2.19. The number of halogens is 3. The predicted octanol–water partition coefficient (Wildman–Crippen LogP) is 4.07. The third-order valence-corrected chi connectivity index (χ3v) is 3.58. The minimum Gasteiger partial charge on any atom is -0.478 e. The highest BCUT2D eigenvalue weighted by atomic mass is 35.5. The summed E-state index contributed by atoms with van der Waals surface area (Å²) in [6.45, 7) is 3.36. The van der Waals surface area contributed by atoms with Crippen LogP contribution in [0.5, 0.6) is 0 Å². The van der Waals surface area contributed by atoms with Crippen LogP contribution in [-0.4, -0.2) is 16.1 Å². The number of anilines is 2. The molecule has 0 fully saturated rings. The summed E-state index contributed by atoms with van der Waals surface area (Å²) in [5.41, 5.74) is 0.594. The van der Waals surface area contributed by atoms with E-state index in [-0.39, 0.29) is 5.56 Å². The smallest absolute Gasteiger partial charge is 0.337 e. The van der Waals surface area contributed by atoms with Gasteiger partial charge in [-0.3, -0.25) is 4.98 Å². The lowest BCUT2D eigenvalue weighted by molar-refractivity contribution is 0.0697. The number of aromatic nitrogens is 1. The predicted molar refractivity (Wildman–Crippen MR) is 75.3 cm³/mol. The van der Waals surface area contributed by atoms with E-state index in [0.717, 1.165) is 12.1 Å². The third-order valence-electron chi connectivity index (χ3n) is 3.02. The molecule has 1 heterocycles. The van der Waals surface area contributed by atoms with Crippen LogP contribution in [0.15, 0.2) is 18.3 Å². The quantitative estimate of drug-likeness (QED) is 0.896. The Labute approximate surface area is 124 Å². The maximum atomic E-state index is 13.9. The molecule has 0 spiro atoms. The molecule has 0 aliphatic rings. The minimum absolute atomic E-state index is 0.303.